The van der Waals surface area contributed by atoms with Gasteiger partial charge in [0.25, 0.3) is 0 Å². The minimum Gasteiger partial charge on any atom is -0.480 e. The summed E-state index contributed by atoms with van der Waals surface area (Å²) >= 11 is 2.76. The van der Waals surface area contributed by atoms with Crippen LogP contribution in [0, 0.1) is 0 Å². The smallest absolute Gasteiger partial charge is 0.339 e. The molecular formula is C5H11BrNO5P. The maximum Gasteiger partial charge on any atom is 0.339 e. The summed E-state index contributed by atoms with van der Waals surface area (Å²) in [5.74, 6) is -1.18. The molecule has 2 unspecified atom stereocenters. The van der Waals surface area contributed by atoms with E-state index in [1.165, 1.54) is 0 Å². The summed E-state index contributed by atoms with van der Waals surface area (Å²) < 4.78 is 9.55. The van der Waals surface area contributed by atoms with Crippen LogP contribution < -0.4 is 5.73 Å². The van der Waals surface area contributed by atoms with Crippen molar-refractivity contribution in [2.45, 2.75) is 23.5 Å². The number of nitrogens with two attached hydrogens (primary N) is 1. The van der Waals surface area contributed by atoms with Gasteiger partial charge >= 0.3 is 13.6 Å². The number of rotatable bonds is 5. The van der Waals surface area contributed by atoms with Crippen molar-refractivity contribution in [2.75, 3.05) is 0 Å². The van der Waals surface area contributed by atoms with E-state index in [-0.39, 0.29) is 12.8 Å². The lowest BCUT2D eigenvalue weighted by atomic mass is 10.2. The predicted octanol–water partition coefficient (Wildman–Crippen LogP) is 0.0772. The van der Waals surface area contributed by atoms with Crippen molar-refractivity contribution in [3.05, 3.63) is 0 Å². The molecule has 78 valence electrons. The van der Waals surface area contributed by atoms with E-state index in [1.54, 1.807) is 0 Å². The zero-order chi connectivity index (χ0) is 10.6. The lowest BCUT2D eigenvalue weighted by Gasteiger charge is -2.12. The molecule has 0 aliphatic heterocycles. The Kier molecular flexibility index (Phi) is 5.09. The van der Waals surface area contributed by atoms with Crippen LogP contribution in [0.4, 0.5) is 0 Å². The quantitative estimate of drug-likeness (QED) is 0.416. The summed E-state index contributed by atoms with van der Waals surface area (Å²) in [5, 5.41) is 8.36. The van der Waals surface area contributed by atoms with Crippen LogP contribution in [-0.2, 0) is 9.36 Å². The molecular weight excluding hydrogens is 265 g/mol. The Morgan fingerprint density at radius 1 is 1.46 bits per heavy atom. The second kappa shape index (κ2) is 5.07. The van der Waals surface area contributed by atoms with Crippen molar-refractivity contribution in [3.63, 3.8) is 0 Å². The fourth-order valence-corrected chi connectivity index (χ4v) is 1.36. The van der Waals surface area contributed by atoms with E-state index in [2.05, 4.69) is 15.9 Å². The summed E-state index contributed by atoms with van der Waals surface area (Å²) in [7, 11) is -4.18. The molecule has 0 aromatic heterocycles. The average Bonchev–Trinajstić information content (AvgIpc) is 1.97. The molecule has 0 fully saturated rings. The van der Waals surface area contributed by atoms with Crippen LogP contribution in [0.5, 0.6) is 0 Å². The number of hydrogen-bond donors (Lipinski definition) is 4. The van der Waals surface area contributed by atoms with E-state index in [9.17, 15) is 9.36 Å². The zero-order valence-electron chi connectivity index (χ0n) is 6.63. The van der Waals surface area contributed by atoms with Gasteiger partial charge in [0.15, 0.2) is 0 Å². The maximum atomic E-state index is 10.6. The minimum atomic E-state index is -4.18. The Hall–Kier alpha value is 0.0600. The molecule has 8 heteroatoms. The molecule has 0 aromatic rings. The maximum absolute atomic E-state index is 10.6. The van der Waals surface area contributed by atoms with Crippen LogP contribution in [0.1, 0.15) is 12.8 Å². The Bertz CT molecular complexity index is 229. The highest BCUT2D eigenvalue weighted by Crippen LogP contribution is 2.46. The molecule has 13 heavy (non-hydrogen) atoms. The fraction of sp³-hybridized carbons (Fsp3) is 0.800. The normalized spacial score (nSPS) is 16.6. The molecule has 0 radical (unpaired) electrons. The summed E-state index contributed by atoms with van der Waals surface area (Å²) in [6.45, 7) is 0. The van der Waals surface area contributed by atoms with Gasteiger partial charge in [0.2, 0.25) is 0 Å². The van der Waals surface area contributed by atoms with Gasteiger partial charge in [0.1, 0.15) is 10.6 Å². The van der Waals surface area contributed by atoms with E-state index in [0.717, 1.165) is 0 Å². The average molecular weight is 276 g/mol. The van der Waals surface area contributed by atoms with Crippen LogP contribution in [-0.4, -0.2) is 31.5 Å². The second-order valence-corrected chi connectivity index (χ2v) is 6.16. The number of carboxylic acids is 1. The molecule has 0 aliphatic rings. The van der Waals surface area contributed by atoms with Gasteiger partial charge in [0, 0.05) is 0 Å². The highest BCUT2D eigenvalue weighted by atomic mass is 79.9. The SMILES string of the molecule is NC(CCC(Br)P(=O)(O)O)C(=O)O. The van der Waals surface area contributed by atoms with Crippen LogP contribution in [0.25, 0.3) is 0 Å². The zero-order valence-corrected chi connectivity index (χ0v) is 9.11. The first-order valence-electron chi connectivity index (χ1n) is 3.43. The van der Waals surface area contributed by atoms with Crippen LogP contribution in [0.15, 0.2) is 0 Å². The van der Waals surface area contributed by atoms with Crippen LogP contribution >= 0.6 is 23.5 Å². The lowest BCUT2D eigenvalue weighted by Crippen LogP contribution is -2.30. The first-order valence-corrected chi connectivity index (χ1v) is 6.02. The number of alkyl halides is 1. The molecule has 2 atom stereocenters. The molecule has 6 nitrogen and oxygen atoms in total. The Labute approximate surface area is 83.4 Å². The molecule has 0 heterocycles. The van der Waals surface area contributed by atoms with E-state index in [0.29, 0.717) is 0 Å². The van der Waals surface area contributed by atoms with E-state index in [4.69, 9.17) is 20.6 Å². The number of hydrogen-bond acceptors (Lipinski definition) is 3. The van der Waals surface area contributed by atoms with Crippen LogP contribution in [0.3, 0.4) is 0 Å². The third-order valence-corrected chi connectivity index (χ3v) is 4.44. The van der Waals surface area contributed by atoms with Crippen molar-refractivity contribution >= 4 is 29.5 Å². The number of halogens is 1. The molecule has 0 amide bonds. The topological polar surface area (TPSA) is 121 Å². The van der Waals surface area contributed by atoms with Crippen molar-refractivity contribution in [2.24, 2.45) is 5.73 Å². The minimum absolute atomic E-state index is 0.0242. The standard InChI is InChI=1S/C5H11BrNO5P/c6-4(13(10,11)12)2-1-3(7)5(8)9/h3-4H,1-2,7H2,(H,8,9)(H2,10,11,12). The molecule has 0 rings (SSSR count). The van der Waals surface area contributed by atoms with E-state index in [1.807, 2.05) is 0 Å². The second-order valence-electron chi connectivity index (χ2n) is 2.55. The largest absolute Gasteiger partial charge is 0.480 e. The van der Waals surface area contributed by atoms with Crippen molar-refractivity contribution < 1.29 is 24.3 Å². The number of carboxylic acid groups (broad SMARTS) is 1. The van der Waals surface area contributed by atoms with Gasteiger partial charge in [-0.25, -0.2) is 0 Å². The monoisotopic (exact) mass is 275 g/mol. The molecule has 0 bridgehead atoms. The summed E-state index contributed by atoms with van der Waals surface area (Å²) in [4.78, 5) is 27.5. The van der Waals surface area contributed by atoms with Crippen LogP contribution in [0.2, 0.25) is 0 Å². The van der Waals surface area contributed by atoms with Crippen molar-refractivity contribution in [1.29, 1.82) is 0 Å². The fourth-order valence-electron chi connectivity index (χ4n) is 0.609. The van der Waals surface area contributed by atoms with Gasteiger partial charge in [-0.2, -0.15) is 0 Å². The lowest BCUT2D eigenvalue weighted by molar-refractivity contribution is -0.138. The van der Waals surface area contributed by atoms with Crippen molar-refractivity contribution in [3.8, 4) is 0 Å². The third-order valence-electron chi connectivity index (χ3n) is 1.40. The Balaban J connectivity index is 3.91. The number of aliphatic carboxylic acids is 1. The Morgan fingerprint density at radius 2 is 1.92 bits per heavy atom. The van der Waals surface area contributed by atoms with Gasteiger partial charge in [0.05, 0.1) is 0 Å². The molecule has 0 spiro atoms. The predicted molar refractivity (Wildman–Crippen MR) is 49.6 cm³/mol. The first kappa shape index (κ1) is 13.1. The first-order chi connectivity index (χ1) is 5.75. The summed E-state index contributed by atoms with van der Waals surface area (Å²) in [6.07, 6.45) is 0.0497. The highest BCUT2D eigenvalue weighted by molar-refractivity contribution is 9.10. The molecule has 0 saturated heterocycles. The summed E-state index contributed by atoms with van der Waals surface area (Å²) in [5.41, 5.74) is 5.13. The molecule has 0 saturated carbocycles. The van der Waals surface area contributed by atoms with Gasteiger partial charge in [-0.05, 0) is 12.8 Å². The van der Waals surface area contributed by atoms with E-state index < -0.39 is 24.2 Å². The highest BCUT2D eigenvalue weighted by Gasteiger charge is 2.26. The Morgan fingerprint density at radius 3 is 2.23 bits per heavy atom. The summed E-state index contributed by atoms with van der Waals surface area (Å²) in [6, 6.07) is -1.08. The third kappa shape index (κ3) is 5.38. The molecule has 5 N–H and O–H groups in total. The van der Waals surface area contributed by atoms with E-state index >= 15 is 0 Å². The molecule has 0 aromatic carbocycles. The van der Waals surface area contributed by atoms with Gasteiger partial charge in [-0.3, -0.25) is 9.36 Å². The van der Waals surface area contributed by atoms with Crippen molar-refractivity contribution in [1.82, 2.24) is 0 Å². The molecule has 0 aliphatic carbocycles. The van der Waals surface area contributed by atoms with Gasteiger partial charge in [-0.1, -0.05) is 15.9 Å². The van der Waals surface area contributed by atoms with Gasteiger partial charge in [-0.15, -0.1) is 0 Å². The van der Waals surface area contributed by atoms with Gasteiger partial charge < -0.3 is 20.6 Å². The number of carbonyl (C=O) groups is 1.